The van der Waals surface area contributed by atoms with Crippen molar-refractivity contribution in [3.05, 3.63) is 28.5 Å². The van der Waals surface area contributed by atoms with E-state index in [0.717, 1.165) is 9.86 Å². The van der Waals surface area contributed by atoms with Crippen LogP contribution in [0, 0.1) is 0 Å². The van der Waals surface area contributed by atoms with E-state index in [9.17, 15) is 4.79 Å². The number of pyridine rings is 1. The topological polar surface area (TPSA) is 55.1 Å². The minimum absolute atomic E-state index is 0.0669. The van der Waals surface area contributed by atoms with E-state index >= 15 is 0 Å². The van der Waals surface area contributed by atoms with E-state index < -0.39 is 5.97 Å². The summed E-state index contributed by atoms with van der Waals surface area (Å²) in [6.07, 6.45) is 1.67. The number of carbonyl (C=O) groups is 1. The largest absolute Gasteiger partial charge is 0.477 e. The van der Waals surface area contributed by atoms with E-state index in [1.54, 1.807) is 16.8 Å². The third kappa shape index (κ3) is 1.71. The molecular formula is C11H11BrN2O2. The predicted molar refractivity (Wildman–Crippen MR) is 64.8 cm³/mol. The number of carboxylic acids is 1. The minimum Gasteiger partial charge on any atom is -0.477 e. The van der Waals surface area contributed by atoms with E-state index in [4.69, 9.17) is 5.11 Å². The minimum atomic E-state index is -0.928. The van der Waals surface area contributed by atoms with Gasteiger partial charge < -0.3 is 9.67 Å². The van der Waals surface area contributed by atoms with Gasteiger partial charge in [0.05, 0.1) is 0 Å². The Morgan fingerprint density at radius 2 is 2.19 bits per heavy atom. The lowest BCUT2D eigenvalue weighted by molar-refractivity contribution is 0.0684. The van der Waals surface area contributed by atoms with Crippen molar-refractivity contribution in [1.82, 2.24) is 9.55 Å². The second-order valence-corrected chi connectivity index (χ2v) is 4.78. The molecule has 5 heteroatoms. The number of carboxylic acid groups (broad SMARTS) is 1. The average molecular weight is 283 g/mol. The number of rotatable bonds is 2. The first-order valence-electron chi connectivity index (χ1n) is 4.90. The van der Waals surface area contributed by atoms with Gasteiger partial charge in [0.15, 0.2) is 0 Å². The van der Waals surface area contributed by atoms with E-state index in [1.165, 1.54) is 0 Å². The highest BCUT2D eigenvalue weighted by atomic mass is 79.9. The second kappa shape index (κ2) is 3.90. The third-order valence-electron chi connectivity index (χ3n) is 2.38. The van der Waals surface area contributed by atoms with Crippen molar-refractivity contribution in [3.63, 3.8) is 0 Å². The number of halogens is 1. The van der Waals surface area contributed by atoms with E-state index in [1.807, 2.05) is 19.9 Å². The molecule has 0 saturated carbocycles. The molecule has 4 nitrogen and oxygen atoms in total. The summed E-state index contributed by atoms with van der Waals surface area (Å²) in [5.74, 6) is -0.928. The van der Waals surface area contributed by atoms with Crippen LogP contribution in [-0.4, -0.2) is 20.6 Å². The number of hydrogen-bond acceptors (Lipinski definition) is 2. The fourth-order valence-corrected chi connectivity index (χ4v) is 2.12. The summed E-state index contributed by atoms with van der Waals surface area (Å²) in [6.45, 7) is 3.88. The van der Waals surface area contributed by atoms with Crippen LogP contribution in [0.15, 0.2) is 22.8 Å². The second-order valence-electron chi connectivity index (χ2n) is 3.86. The monoisotopic (exact) mass is 282 g/mol. The van der Waals surface area contributed by atoms with Gasteiger partial charge in [-0.05, 0) is 41.9 Å². The molecule has 0 aliphatic carbocycles. The molecule has 16 heavy (non-hydrogen) atoms. The van der Waals surface area contributed by atoms with Gasteiger partial charge in [0.1, 0.15) is 11.3 Å². The highest BCUT2D eigenvalue weighted by Crippen LogP contribution is 2.24. The average Bonchev–Trinajstić information content (AvgIpc) is 2.55. The first-order chi connectivity index (χ1) is 7.50. The number of aromatic nitrogens is 2. The summed E-state index contributed by atoms with van der Waals surface area (Å²) < 4.78 is 2.57. The zero-order chi connectivity index (χ0) is 11.9. The number of fused-ring (bicyclic) bond motifs is 1. The zero-order valence-corrected chi connectivity index (χ0v) is 10.5. The van der Waals surface area contributed by atoms with Gasteiger partial charge in [-0.25, -0.2) is 9.78 Å². The van der Waals surface area contributed by atoms with Crippen molar-refractivity contribution in [2.45, 2.75) is 19.9 Å². The highest BCUT2D eigenvalue weighted by Gasteiger charge is 2.17. The molecule has 1 N–H and O–H groups in total. The summed E-state index contributed by atoms with van der Waals surface area (Å²) in [5.41, 5.74) is 0.978. The van der Waals surface area contributed by atoms with Crippen LogP contribution in [0.25, 0.3) is 11.0 Å². The molecule has 0 spiro atoms. The van der Waals surface area contributed by atoms with Gasteiger partial charge in [0.25, 0.3) is 0 Å². The van der Waals surface area contributed by atoms with Crippen LogP contribution in [0.4, 0.5) is 0 Å². The first kappa shape index (κ1) is 11.1. The van der Waals surface area contributed by atoms with Gasteiger partial charge in [0.2, 0.25) is 0 Å². The summed E-state index contributed by atoms with van der Waals surface area (Å²) in [7, 11) is 0. The molecule has 0 aliphatic rings. The normalized spacial score (nSPS) is 11.2. The quantitative estimate of drug-likeness (QED) is 0.921. The van der Waals surface area contributed by atoms with Crippen LogP contribution in [0.3, 0.4) is 0 Å². The summed E-state index contributed by atoms with van der Waals surface area (Å²) in [5, 5.41) is 9.96. The Labute approximate surface area is 101 Å². The Balaban J connectivity index is 2.81. The lowest BCUT2D eigenvalue weighted by atomic mass is 10.3. The summed E-state index contributed by atoms with van der Waals surface area (Å²) in [6, 6.07) is 3.58. The molecule has 2 aromatic rings. The molecule has 0 aromatic carbocycles. The summed E-state index contributed by atoms with van der Waals surface area (Å²) in [4.78, 5) is 15.4. The molecule has 84 valence electrons. The molecule has 0 atom stereocenters. The number of aromatic carboxylic acids is 1. The van der Waals surface area contributed by atoms with Crippen LogP contribution in [0.1, 0.15) is 30.4 Å². The number of nitrogens with zero attached hydrogens (tertiary/aromatic N) is 2. The van der Waals surface area contributed by atoms with Gasteiger partial charge in [-0.2, -0.15) is 0 Å². The zero-order valence-electron chi connectivity index (χ0n) is 8.94. The van der Waals surface area contributed by atoms with E-state index in [2.05, 4.69) is 20.9 Å². The molecule has 0 bridgehead atoms. The Morgan fingerprint density at radius 1 is 1.50 bits per heavy atom. The van der Waals surface area contributed by atoms with Crippen molar-refractivity contribution < 1.29 is 9.90 Å². The van der Waals surface area contributed by atoms with Crippen molar-refractivity contribution in [2.75, 3.05) is 0 Å². The van der Waals surface area contributed by atoms with E-state index in [0.29, 0.717) is 5.65 Å². The lowest BCUT2D eigenvalue weighted by Crippen LogP contribution is -2.10. The van der Waals surface area contributed by atoms with Gasteiger partial charge in [-0.1, -0.05) is 0 Å². The molecule has 0 fully saturated rings. The Bertz CT molecular complexity index is 560. The van der Waals surface area contributed by atoms with Gasteiger partial charge >= 0.3 is 5.97 Å². The fourth-order valence-electron chi connectivity index (χ4n) is 1.77. The van der Waals surface area contributed by atoms with E-state index in [-0.39, 0.29) is 11.7 Å². The molecule has 2 heterocycles. The van der Waals surface area contributed by atoms with Crippen LogP contribution in [0.5, 0.6) is 0 Å². The lowest BCUT2D eigenvalue weighted by Gasteiger charge is -2.11. The maximum absolute atomic E-state index is 11.1. The smallest absolute Gasteiger partial charge is 0.352 e. The van der Waals surface area contributed by atoms with Gasteiger partial charge in [0, 0.05) is 22.1 Å². The first-order valence-corrected chi connectivity index (χ1v) is 5.70. The molecule has 0 radical (unpaired) electrons. The molecule has 0 aliphatic heterocycles. The van der Waals surface area contributed by atoms with Gasteiger partial charge in [-0.3, -0.25) is 0 Å². The fraction of sp³-hybridized carbons (Fsp3) is 0.273. The molecule has 0 amide bonds. The predicted octanol–water partition coefficient (Wildman–Crippen LogP) is 3.08. The SMILES string of the molecule is CC(C)n1c(C(=O)O)cc2cc(Br)cnc21. The van der Waals surface area contributed by atoms with Crippen LogP contribution in [-0.2, 0) is 0 Å². The Hall–Kier alpha value is -1.36. The van der Waals surface area contributed by atoms with Crippen molar-refractivity contribution in [1.29, 1.82) is 0 Å². The molecule has 0 unspecified atom stereocenters. The van der Waals surface area contributed by atoms with Crippen LogP contribution < -0.4 is 0 Å². The highest BCUT2D eigenvalue weighted by molar-refractivity contribution is 9.10. The molecule has 0 saturated heterocycles. The van der Waals surface area contributed by atoms with Crippen molar-refractivity contribution >= 4 is 32.9 Å². The Morgan fingerprint density at radius 3 is 2.75 bits per heavy atom. The molecule has 2 aromatic heterocycles. The molecular weight excluding hydrogens is 272 g/mol. The van der Waals surface area contributed by atoms with Gasteiger partial charge in [-0.15, -0.1) is 0 Å². The standard InChI is InChI=1S/C11H11BrN2O2/c1-6(2)14-9(11(15)16)4-7-3-8(12)5-13-10(7)14/h3-6H,1-2H3,(H,15,16). The molecule has 2 rings (SSSR count). The van der Waals surface area contributed by atoms with Crippen LogP contribution in [0.2, 0.25) is 0 Å². The maximum Gasteiger partial charge on any atom is 0.352 e. The van der Waals surface area contributed by atoms with Crippen molar-refractivity contribution in [2.24, 2.45) is 0 Å². The maximum atomic E-state index is 11.1. The third-order valence-corrected chi connectivity index (χ3v) is 2.81. The Kier molecular flexibility index (Phi) is 2.71. The number of hydrogen-bond donors (Lipinski definition) is 1. The van der Waals surface area contributed by atoms with Crippen LogP contribution >= 0.6 is 15.9 Å². The summed E-state index contributed by atoms with van der Waals surface area (Å²) >= 11 is 3.32. The van der Waals surface area contributed by atoms with Crippen molar-refractivity contribution in [3.8, 4) is 0 Å².